The summed E-state index contributed by atoms with van der Waals surface area (Å²) in [5.74, 6) is 0. The van der Waals surface area contributed by atoms with Gasteiger partial charge < -0.3 is 5.32 Å². The monoisotopic (exact) mass is 299 g/mol. The number of aryl methyl sites for hydroxylation is 1. The lowest BCUT2D eigenvalue weighted by Crippen LogP contribution is -2.19. The Bertz CT molecular complexity index is 454. The van der Waals surface area contributed by atoms with Crippen molar-refractivity contribution in [3.63, 3.8) is 0 Å². The summed E-state index contributed by atoms with van der Waals surface area (Å²) in [6.07, 6.45) is 6.28. The Morgan fingerprint density at radius 2 is 1.84 bits per heavy atom. The number of benzene rings is 1. The Hall–Kier alpha value is -0.400. The molecule has 0 spiro atoms. The Morgan fingerprint density at radius 1 is 1.11 bits per heavy atom. The number of halogens is 2. The molecular weight excluding hydrogens is 277 g/mol. The van der Waals surface area contributed by atoms with E-state index >= 15 is 0 Å². The molecule has 0 radical (unpaired) electrons. The van der Waals surface area contributed by atoms with Crippen LogP contribution in [0.15, 0.2) is 12.1 Å². The molecule has 19 heavy (non-hydrogen) atoms. The van der Waals surface area contributed by atoms with Gasteiger partial charge in [0.1, 0.15) is 0 Å². The molecule has 1 N–H and O–H groups in total. The van der Waals surface area contributed by atoms with Gasteiger partial charge in [-0.2, -0.15) is 0 Å². The quantitative estimate of drug-likeness (QED) is 0.653. The molecule has 1 fully saturated rings. The highest BCUT2D eigenvalue weighted by molar-refractivity contribution is 6.35. The average molecular weight is 300 g/mol. The van der Waals surface area contributed by atoms with Crippen LogP contribution in [0.1, 0.15) is 51.5 Å². The maximum Gasteiger partial charge on any atom is 0.0641 e. The Labute approximate surface area is 126 Å². The molecule has 2 rings (SSSR count). The van der Waals surface area contributed by atoms with Gasteiger partial charge in [-0.25, -0.2) is 0 Å². The van der Waals surface area contributed by atoms with Crippen LogP contribution in [0.2, 0.25) is 10.0 Å². The molecule has 1 aliphatic rings. The highest BCUT2D eigenvalue weighted by atomic mass is 35.5. The summed E-state index contributed by atoms with van der Waals surface area (Å²) in [5, 5.41) is 5.13. The van der Waals surface area contributed by atoms with E-state index in [2.05, 4.69) is 19.2 Å². The fourth-order valence-electron chi connectivity index (χ4n) is 2.78. The molecule has 0 aliphatic heterocycles. The van der Waals surface area contributed by atoms with Crippen LogP contribution in [0.3, 0.4) is 0 Å². The molecule has 1 aromatic rings. The van der Waals surface area contributed by atoms with Gasteiger partial charge in [-0.1, -0.05) is 43.5 Å². The molecule has 1 atom stereocenters. The number of rotatable bonds is 2. The molecule has 0 bridgehead atoms. The normalized spacial score (nSPS) is 22.9. The second kappa shape index (κ2) is 5.93. The van der Waals surface area contributed by atoms with Gasteiger partial charge in [0.15, 0.2) is 0 Å². The minimum Gasteiger partial charge on any atom is -0.381 e. The van der Waals surface area contributed by atoms with Crippen molar-refractivity contribution in [2.75, 3.05) is 5.32 Å². The van der Waals surface area contributed by atoms with Gasteiger partial charge in [0.2, 0.25) is 0 Å². The molecule has 0 amide bonds. The van der Waals surface area contributed by atoms with Gasteiger partial charge in [-0.05, 0) is 55.7 Å². The van der Waals surface area contributed by atoms with Crippen LogP contribution >= 0.6 is 23.2 Å². The van der Waals surface area contributed by atoms with Gasteiger partial charge in [0, 0.05) is 11.1 Å². The van der Waals surface area contributed by atoms with Crippen LogP contribution in [-0.4, -0.2) is 6.04 Å². The SMILES string of the molecule is Cc1cc(Cl)c(NC2CCCC(C)(C)CC2)cc1Cl. The molecule has 3 heteroatoms. The molecule has 1 unspecified atom stereocenters. The van der Waals surface area contributed by atoms with Crippen molar-refractivity contribution in [1.82, 2.24) is 0 Å². The largest absolute Gasteiger partial charge is 0.381 e. The van der Waals surface area contributed by atoms with Crippen molar-refractivity contribution in [3.05, 3.63) is 27.7 Å². The second-order valence-electron chi connectivity index (χ2n) is 6.52. The second-order valence-corrected chi connectivity index (χ2v) is 7.33. The van der Waals surface area contributed by atoms with E-state index < -0.39 is 0 Å². The summed E-state index contributed by atoms with van der Waals surface area (Å²) in [6, 6.07) is 4.40. The smallest absolute Gasteiger partial charge is 0.0641 e. The Balaban J connectivity index is 2.07. The van der Waals surface area contributed by atoms with E-state index in [1.165, 1.54) is 32.1 Å². The zero-order valence-electron chi connectivity index (χ0n) is 12.0. The van der Waals surface area contributed by atoms with E-state index in [-0.39, 0.29) is 0 Å². The summed E-state index contributed by atoms with van der Waals surface area (Å²) in [4.78, 5) is 0. The molecule has 0 aromatic heterocycles. The molecule has 1 saturated carbocycles. The first-order valence-electron chi connectivity index (χ1n) is 7.09. The van der Waals surface area contributed by atoms with E-state index in [1.807, 2.05) is 19.1 Å². The average Bonchev–Trinajstić information content (AvgIpc) is 2.48. The predicted octanol–water partition coefficient (Wildman–Crippen LogP) is 6.07. The van der Waals surface area contributed by atoms with Crippen LogP contribution in [-0.2, 0) is 0 Å². The fraction of sp³-hybridized carbons (Fsp3) is 0.625. The first-order chi connectivity index (χ1) is 8.87. The number of hydrogen-bond acceptors (Lipinski definition) is 1. The highest BCUT2D eigenvalue weighted by Crippen LogP contribution is 2.36. The summed E-state index contributed by atoms with van der Waals surface area (Å²) in [7, 11) is 0. The minimum atomic E-state index is 0.477. The van der Waals surface area contributed by atoms with Gasteiger partial charge in [0.05, 0.1) is 10.7 Å². The van der Waals surface area contributed by atoms with Crippen molar-refractivity contribution >= 4 is 28.9 Å². The van der Waals surface area contributed by atoms with E-state index in [0.717, 1.165) is 21.3 Å². The lowest BCUT2D eigenvalue weighted by Gasteiger charge is -2.23. The third-order valence-electron chi connectivity index (χ3n) is 4.18. The van der Waals surface area contributed by atoms with Crippen LogP contribution < -0.4 is 5.32 Å². The van der Waals surface area contributed by atoms with Crippen molar-refractivity contribution in [2.45, 2.75) is 58.9 Å². The Kier molecular flexibility index (Phi) is 4.68. The molecule has 1 nitrogen and oxygen atoms in total. The van der Waals surface area contributed by atoms with Crippen LogP contribution in [0.5, 0.6) is 0 Å². The van der Waals surface area contributed by atoms with Gasteiger partial charge in [-0.15, -0.1) is 0 Å². The van der Waals surface area contributed by atoms with Crippen molar-refractivity contribution in [1.29, 1.82) is 0 Å². The summed E-state index contributed by atoms with van der Waals surface area (Å²) >= 11 is 12.5. The number of hydrogen-bond donors (Lipinski definition) is 1. The van der Waals surface area contributed by atoms with Gasteiger partial charge in [0.25, 0.3) is 0 Å². The molecule has 0 saturated heterocycles. The number of anilines is 1. The van der Waals surface area contributed by atoms with Crippen molar-refractivity contribution < 1.29 is 0 Å². The fourth-order valence-corrected chi connectivity index (χ4v) is 3.22. The first kappa shape index (κ1) is 15.0. The zero-order valence-corrected chi connectivity index (χ0v) is 13.5. The molecule has 106 valence electrons. The van der Waals surface area contributed by atoms with Gasteiger partial charge >= 0.3 is 0 Å². The topological polar surface area (TPSA) is 12.0 Å². The summed E-state index contributed by atoms with van der Waals surface area (Å²) in [6.45, 7) is 6.71. The van der Waals surface area contributed by atoms with Gasteiger partial charge in [-0.3, -0.25) is 0 Å². The van der Waals surface area contributed by atoms with E-state index in [1.54, 1.807) is 0 Å². The van der Waals surface area contributed by atoms with Crippen LogP contribution in [0.25, 0.3) is 0 Å². The predicted molar refractivity (Wildman–Crippen MR) is 85.5 cm³/mol. The highest BCUT2D eigenvalue weighted by Gasteiger charge is 2.24. The third kappa shape index (κ3) is 4.03. The maximum absolute atomic E-state index is 6.30. The standard InChI is InChI=1S/C16H23Cl2N/c1-11-9-14(18)15(10-13(11)17)19-12-5-4-7-16(2,3)8-6-12/h9-10,12,19H,4-8H2,1-3H3. The lowest BCUT2D eigenvalue weighted by molar-refractivity contribution is 0.313. The van der Waals surface area contributed by atoms with E-state index in [4.69, 9.17) is 23.2 Å². The number of nitrogens with one attached hydrogen (secondary N) is 1. The Morgan fingerprint density at radius 3 is 2.58 bits per heavy atom. The maximum atomic E-state index is 6.30. The summed E-state index contributed by atoms with van der Waals surface area (Å²) in [5.41, 5.74) is 2.48. The molecule has 1 aliphatic carbocycles. The van der Waals surface area contributed by atoms with Crippen molar-refractivity contribution in [3.8, 4) is 0 Å². The van der Waals surface area contributed by atoms with Crippen LogP contribution in [0, 0.1) is 12.3 Å². The lowest BCUT2D eigenvalue weighted by atomic mass is 9.85. The molecule has 0 heterocycles. The van der Waals surface area contributed by atoms with E-state index in [0.29, 0.717) is 11.5 Å². The molecule has 1 aromatic carbocycles. The van der Waals surface area contributed by atoms with Crippen LogP contribution in [0.4, 0.5) is 5.69 Å². The minimum absolute atomic E-state index is 0.477. The first-order valence-corrected chi connectivity index (χ1v) is 7.85. The van der Waals surface area contributed by atoms with E-state index in [9.17, 15) is 0 Å². The molecular formula is C16H23Cl2N. The van der Waals surface area contributed by atoms with Crippen molar-refractivity contribution in [2.24, 2.45) is 5.41 Å². The summed E-state index contributed by atoms with van der Waals surface area (Å²) < 4.78 is 0. The third-order valence-corrected chi connectivity index (χ3v) is 4.90. The zero-order chi connectivity index (χ0) is 14.0.